The van der Waals surface area contributed by atoms with Gasteiger partial charge in [-0.3, -0.25) is 24.2 Å². The molecule has 0 bridgehead atoms. The summed E-state index contributed by atoms with van der Waals surface area (Å²) in [6, 6.07) is 10.0. The first-order valence-electron chi connectivity index (χ1n) is 14.1. The number of thioether (sulfide) groups is 1. The van der Waals surface area contributed by atoms with Crippen molar-refractivity contribution in [3.05, 3.63) is 87.8 Å². The van der Waals surface area contributed by atoms with Crippen LogP contribution >= 0.6 is 23.4 Å². The predicted molar refractivity (Wildman–Crippen MR) is 161 cm³/mol. The van der Waals surface area contributed by atoms with E-state index in [1.807, 2.05) is 4.90 Å². The number of carbonyl (C=O) groups excluding carboxylic acids is 3. The normalized spacial score (nSPS) is 18.3. The maximum absolute atomic E-state index is 14.7. The Labute approximate surface area is 262 Å². The summed E-state index contributed by atoms with van der Waals surface area (Å²) >= 11 is 6.80. The third kappa shape index (κ3) is 7.70. The quantitative estimate of drug-likeness (QED) is 0.245. The maximum Gasteiger partial charge on any atom is 0.293 e. The number of β-amino-alcohol motifs (C(OH)–C–C–N with tert-alkyl or cyclic N) is 1. The molecule has 2 aliphatic rings. The zero-order valence-electron chi connectivity index (χ0n) is 23.7. The number of hydrogen-bond donors (Lipinski definition) is 1. The van der Waals surface area contributed by atoms with Gasteiger partial charge in [0.25, 0.3) is 11.1 Å². The summed E-state index contributed by atoms with van der Waals surface area (Å²) in [5.41, 5.74) is -0.994. The SMILES string of the molecule is O=C(CCCCN1C(=O)SC(=Cc2ccc(Cl)cc2)C1=O)N1CCN(CC(O)(Cn2cncn2)c2ccc(F)cc2F)CC1. The molecule has 44 heavy (non-hydrogen) atoms. The van der Waals surface area contributed by atoms with Crippen LogP contribution in [0.15, 0.2) is 60.0 Å². The van der Waals surface area contributed by atoms with Gasteiger partial charge in [0.15, 0.2) is 0 Å². The molecular weight excluding hydrogens is 614 g/mol. The largest absolute Gasteiger partial charge is 0.382 e. The molecule has 232 valence electrons. The number of nitrogens with zero attached hydrogens (tertiary/aromatic N) is 6. The molecule has 10 nitrogen and oxygen atoms in total. The number of imide groups is 1. The Balaban J connectivity index is 1.09. The molecule has 2 saturated heterocycles. The van der Waals surface area contributed by atoms with Gasteiger partial charge in [-0.15, -0.1) is 0 Å². The van der Waals surface area contributed by atoms with Gasteiger partial charge in [-0.25, -0.2) is 18.4 Å². The standard InChI is InChI=1S/C30H31ClF2N6O4S/c31-22-6-4-21(5-7-22)15-26-28(41)39(29(42)44-26)10-2-1-3-27(40)37-13-11-36(12-14-37)17-30(43,18-38-20-34-19-35-38)24-9-8-23(32)16-25(24)33/h4-9,15-16,19-20,43H,1-3,10-14,17-18H2. The molecule has 1 unspecified atom stereocenters. The van der Waals surface area contributed by atoms with Crippen LogP contribution in [-0.2, 0) is 21.7 Å². The number of piperazine rings is 1. The van der Waals surface area contributed by atoms with Crippen LogP contribution in [0.25, 0.3) is 6.08 Å². The minimum Gasteiger partial charge on any atom is -0.382 e. The Morgan fingerprint density at radius 3 is 2.48 bits per heavy atom. The minimum atomic E-state index is -1.72. The lowest BCUT2D eigenvalue weighted by Gasteiger charge is -2.39. The van der Waals surface area contributed by atoms with E-state index < -0.39 is 17.2 Å². The Hall–Kier alpha value is -3.65. The average Bonchev–Trinajstić information content (AvgIpc) is 3.59. The van der Waals surface area contributed by atoms with Crippen molar-refractivity contribution in [1.29, 1.82) is 0 Å². The molecule has 5 rings (SSSR count). The highest BCUT2D eigenvalue weighted by molar-refractivity contribution is 8.18. The Bertz CT molecular complexity index is 1530. The van der Waals surface area contributed by atoms with Crippen molar-refractivity contribution >= 4 is 46.5 Å². The van der Waals surface area contributed by atoms with E-state index in [4.69, 9.17) is 11.6 Å². The lowest BCUT2D eigenvalue weighted by molar-refractivity contribution is -0.133. The fourth-order valence-electron chi connectivity index (χ4n) is 5.30. The van der Waals surface area contributed by atoms with Gasteiger partial charge in [0.2, 0.25) is 5.91 Å². The molecule has 1 atom stereocenters. The summed E-state index contributed by atoms with van der Waals surface area (Å²) in [6.45, 7) is 1.92. The second kappa shape index (κ2) is 14.0. The summed E-state index contributed by atoms with van der Waals surface area (Å²) in [7, 11) is 0. The van der Waals surface area contributed by atoms with Crippen molar-refractivity contribution in [3.8, 4) is 0 Å². The van der Waals surface area contributed by atoms with Gasteiger partial charge in [-0.2, -0.15) is 5.10 Å². The van der Waals surface area contributed by atoms with Crippen molar-refractivity contribution in [2.45, 2.75) is 31.4 Å². The van der Waals surface area contributed by atoms with E-state index >= 15 is 0 Å². The molecule has 3 aromatic rings. The number of halogens is 3. The number of rotatable bonds is 11. The highest BCUT2D eigenvalue weighted by Crippen LogP contribution is 2.33. The van der Waals surface area contributed by atoms with E-state index in [-0.39, 0.29) is 48.7 Å². The third-order valence-electron chi connectivity index (χ3n) is 7.60. The number of aromatic nitrogens is 3. The molecular formula is C30H31ClF2N6O4S. The molecule has 2 fully saturated rings. The van der Waals surface area contributed by atoms with Gasteiger partial charge in [-0.1, -0.05) is 29.8 Å². The van der Waals surface area contributed by atoms with E-state index in [1.165, 1.54) is 28.3 Å². The van der Waals surface area contributed by atoms with Crippen LogP contribution in [0.3, 0.4) is 0 Å². The first kappa shape index (κ1) is 31.8. The number of aliphatic hydroxyl groups is 1. The Kier molecular flexibility index (Phi) is 10.1. The first-order chi connectivity index (χ1) is 21.1. The second-order valence-corrected chi connectivity index (χ2v) is 12.2. The zero-order valence-corrected chi connectivity index (χ0v) is 25.3. The van der Waals surface area contributed by atoms with Crippen LogP contribution in [0, 0.1) is 11.6 Å². The van der Waals surface area contributed by atoms with E-state index in [9.17, 15) is 28.3 Å². The smallest absolute Gasteiger partial charge is 0.293 e. The van der Waals surface area contributed by atoms with Gasteiger partial charge in [-0.05, 0) is 54.4 Å². The highest BCUT2D eigenvalue weighted by atomic mass is 35.5. The van der Waals surface area contributed by atoms with Crippen LogP contribution in [0.1, 0.15) is 30.4 Å². The summed E-state index contributed by atoms with van der Waals surface area (Å²) in [6.07, 6.45) is 5.66. The van der Waals surface area contributed by atoms with Gasteiger partial charge in [0.1, 0.15) is 29.9 Å². The molecule has 0 aliphatic carbocycles. The van der Waals surface area contributed by atoms with E-state index in [2.05, 4.69) is 10.1 Å². The number of benzene rings is 2. The molecule has 2 aromatic carbocycles. The molecule has 3 heterocycles. The Morgan fingerprint density at radius 1 is 1.05 bits per heavy atom. The summed E-state index contributed by atoms with van der Waals surface area (Å²) in [5.74, 6) is -1.98. The van der Waals surface area contributed by atoms with Gasteiger partial charge in [0, 0.05) is 62.3 Å². The van der Waals surface area contributed by atoms with Crippen molar-refractivity contribution in [2.24, 2.45) is 0 Å². The number of amides is 3. The lowest BCUT2D eigenvalue weighted by atomic mass is 9.92. The van der Waals surface area contributed by atoms with Crippen LogP contribution in [0.2, 0.25) is 5.02 Å². The number of hydrogen-bond acceptors (Lipinski definition) is 8. The van der Waals surface area contributed by atoms with Crippen LogP contribution in [-0.4, -0.2) is 90.9 Å². The molecule has 14 heteroatoms. The van der Waals surface area contributed by atoms with Gasteiger partial charge >= 0.3 is 0 Å². The molecule has 0 radical (unpaired) electrons. The Morgan fingerprint density at radius 2 is 1.80 bits per heavy atom. The average molecular weight is 645 g/mol. The van der Waals surface area contributed by atoms with E-state index in [0.717, 1.165) is 29.5 Å². The van der Waals surface area contributed by atoms with Crippen LogP contribution < -0.4 is 0 Å². The predicted octanol–water partition coefficient (Wildman–Crippen LogP) is 4.15. The van der Waals surface area contributed by atoms with Gasteiger partial charge in [0.05, 0.1) is 11.4 Å². The number of carbonyl (C=O) groups is 3. The summed E-state index contributed by atoms with van der Waals surface area (Å²) in [4.78, 5) is 47.2. The zero-order chi connectivity index (χ0) is 31.3. The molecule has 1 N–H and O–H groups in total. The minimum absolute atomic E-state index is 0.0381. The van der Waals surface area contributed by atoms with Crippen molar-refractivity contribution in [2.75, 3.05) is 39.3 Å². The molecule has 0 spiro atoms. The first-order valence-corrected chi connectivity index (χ1v) is 15.3. The van der Waals surface area contributed by atoms with Crippen LogP contribution in [0.4, 0.5) is 13.6 Å². The molecule has 0 saturated carbocycles. The highest BCUT2D eigenvalue weighted by Gasteiger charge is 2.37. The second-order valence-electron chi connectivity index (χ2n) is 10.7. The molecule has 1 aromatic heterocycles. The fourth-order valence-corrected chi connectivity index (χ4v) is 6.29. The lowest BCUT2D eigenvalue weighted by Crippen LogP contribution is -2.53. The topological polar surface area (TPSA) is 112 Å². The van der Waals surface area contributed by atoms with Crippen molar-refractivity contribution in [1.82, 2.24) is 29.5 Å². The molecule has 2 aliphatic heterocycles. The maximum atomic E-state index is 14.7. The van der Waals surface area contributed by atoms with Crippen molar-refractivity contribution < 1.29 is 28.3 Å². The summed E-state index contributed by atoms with van der Waals surface area (Å²) < 4.78 is 29.7. The third-order valence-corrected chi connectivity index (χ3v) is 8.76. The monoisotopic (exact) mass is 644 g/mol. The van der Waals surface area contributed by atoms with Gasteiger partial charge < -0.3 is 10.0 Å². The summed E-state index contributed by atoms with van der Waals surface area (Å²) in [5, 5.41) is 15.9. The number of unbranched alkanes of at least 4 members (excludes halogenated alkanes) is 1. The van der Waals surface area contributed by atoms with Crippen molar-refractivity contribution in [3.63, 3.8) is 0 Å². The fraction of sp³-hybridized carbons (Fsp3) is 0.367. The van der Waals surface area contributed by atoms with E-state index in [1.54, 1.807) is 35.2 Å². The molecule has 3 amide bonds. The van der Waals surface area contributed by atoms with E-state index in [0.29, 0.717) is 48.9 Å². The van der Waals surface area contributed by atoms with Crippen LogP contribution in [0.5, 0.6) is 0 Å².